The van der Waals surface area contributed by atoms with E-state index in [1.54, 1.807) is 25.7 Å². The Labute approximate surface area is 210 Å². The van der Waals surface area contributed by atoms with Crippen molar-refractivity contribution in [2.24, 2.45) is 0 Å². The molecule has 3 heterocycles. The Kier molecular flexibility index (Phi) is 7.75. The van der Waals surface area contributed by atoms with Crippen molar-refractivity contribution in [3.8, 4) is 23.0 Å². The van der Waals surface area contributed by atoms with Gasteiger partial charge in [0.25, 0.3) is 0 Å². The Morgan fingerprint density at radius 2 is 1.83 bits per heavy atom. The number of aromatic nitrogens is 2. The number of pyridine rings is 2. The predicted molar refractivity (Wildman–Crippen MR) is 140 cm³/mol. The summed E-state index contributed by atoms with van der Waals surface area (Å²) in [7, 11) is 1.66. The normalized spacial score (nSPS) is 13.9. The van der Waals surface area contributed by atoms with Crippen LogP contribution in [0.3, 0.4) is 0 Å². The molecule has 36 heavy (non-hydrogen) atoms. The third-order valence-corrected chi connectivity index (χ3v) is 6.01. The molecule has 8 nitrogen and oxygen atoms in total. The zero-order valence-corrected chi connectivity index (χ0v) is 20.4. The largest absolute Gasteiger partial charge is 0.493 e. The van der Waals surface area contributed by atoms with E-state index in [1.165, 1.54) is 0 Å². The topological polar surface area (TPSA) is 78.0 Å². The average molecular weight is 487 g/mol. The number of ether oxygens (including phenoxy) is 4. The zero-order chi connectivity index (χ0) is 24.6. The van der Waals surface area contributed by atoms with Crippen LogP contribution in [0.2, 0.25) is 0 Å². The molecule has 1 fully saturated rings. The highest BCUT2D eigenvalue weighted by atomic mass is 16.5. The first-order valence-corrected chi connectivity index (χ1v) is 12.1. The Morgan fingerprint density at radius 1 is 0.972 bits per heavy atom. The minimum atomic E-state index is 0.616. The molecule has 5 rings (SSSR count). The fraction of sp³-hybridized carbons (Fsp3) is 0.286. The average Bonchev–Trinajstić information content (AvgIpc) is 2.93. The SMILES string of the molecule is COc1cc2c(Nc3ccc(Oc4cccnc4)cc3)ccnc2cc1OCCCN1CCOCC1. The maximum absolute atomic E-state index is 6.09. The van der Waals surface area contributed by atoms with Crippen LogP contribution in [0.5, 0.6) is 23.0 Å². The molecule has 0 unspecified atom stereocenters. The van der Waals surface area contributed by atoms with E-state index in [4.69, 9.17) is 18.9 Å². The third-order valence-electron chi connectivity index (χ3n) is 6.01. The van der Waals surface area contributed by atoms with E-state index in [2.05, 4.69) is 20.2 Å². The van der Waals surface area contributed by atoms with Gasteiger partial charge in [-0.3, -0.25) is 14.9 Å². The Morgan fingerprint density at radius 3 is 2.61 bits per heavy atom. The molecule has 186 valence electrons. The summed E-state index contributed by atoms with van der Waals surface area (Å²) in [6.45, 7) is 5.20. The van der Waals surface area contributed by atoms with Crippen LogP contribution in [0, 0.1) is 0 Å². The smallest absolute Gasteiger partial charge is 0.163 e. The van der Waals surface area contributed by atoms with Crippen molar-refractivity contribution in [2.75, 3.05) is 51.9 Å². The summed E-state index contributed by atoms with van der Waals surface area (Å²) in [6.07, 6.45) is 6.14. The van der Waals surface area contributed by atoms with Gasteiger partial charge in [-0.1, -0.05) is 0 Å². The zero-order valence-electron chi connectivity index (χ0n) is 20.4. The van der Waals surface area contributed by atoms with E-state index in [9.17, 15) is 0 Å². The third kappa shape index (κ3) is 6.02. The summed E-state index contributed by atoms with van der Waals surface area (Å²) < 4.78 is 23.0. The molecule has 0 spiro atoms. The Hall–Kier alpha value is -3.88. The first kappa shape index (κ1) is 23.8. The number of benzene rings is 2. The summed E-state index contributed by atoms with van der Waals surface area (Å²) >= 11 is 0. The molecule has 0 bridgehead atoms. The monoisotopic (exact) mass is 486 g/mol. The van der Waals surface area contributed by atoms with Gasteiger partial charge in [-0.25, -0.2) is 0 Å². The molecule has 0 radical (unpaired) electrons. The fourth-order valence-corrected chi connectivity index (χ4v) is 4.14. The number of hydrogen-bond donors (Lipinski definition) is 1. The number of anilines is 2. The van der Waals surface area contributed by atoms with Gasteiger partial charge in [0, 0.05) is 54.9 Å². The van der Waals surface area contributed by atoms with Gasteiger partial charge in [-0.15, -0.1) is 0 Å². The first-order chi connectivity index (χ1) is 17.8. The maximum atomic E-state index is 6.09. The summed E-state index contributed by atoms with van der Waals surface area (Å²) in [5, 5.41) is 4.43. The minimum Gasteiger partial charge on any atom is -0.493 e. The highest BCUT2D eigenvalue weighted by molar-refractivity contribution is 5.95. The molecule has 8 heteroatoms. The van der Waals surface area contributed by atoms with Gasteiger partial charge >= 0.3 is 0 Å². The lowest BCUT2D eigenvalue weighted by atomic mass is 10.1. The molecule has 0 aliphatic carbocycles. The van der Waals surface area contributed by atoms with Crippen molar-refractivity contribution in [1.29, 1.82) is 0 Å². The molecule has 2 aromatic carbocycles. The highest BCUT2D eigenvalue weighted by Gasteiger charge is 2.13. The van der Waals surface area contributed by atoms with Crippen LogP contribution in [0.1, 0.15) is 6.42 Å². The van der Waals surface area contributed by atoms with Gasteiger partial charge in [-0.2, -0.15) is 0 Å². The molecule has 4 aromatic rings. The number of fused-ring (bicyclic) bond motifs is 1. The van der Waals surface area contributed by atoms with Crippen LogP contribution in [-0.4, -0.2) is 61.4 Å². The van der Waals surface area contributed by atoms with E-state index in [-0.39, 0.29) is 0 Å². The van der Waals surface area contributed by atoms with E-state index in [0.717, 1.165) is 67.3 Å². The number of morpholine rings is 1. The number of nitrogens with one attached hydrogen (secondary N) is 1. The van der Waals surface area contributed by atoms with Gasteiger partial charge in [0.1, 0.15) is 11.5 Å². The van der Waals surface area contributed by atoms with E-state index in [1.807, 2.05) is 54.6 Å². The first-order valence-electron chi connectivity index (χ1n) is 12.1. The molecule has 1 N–H and O–H groups in total. The molecule has 1 aliphatic rings. The standard InChI is InChI=1S/C28H30N4O4/c1-33-27-18-24-25(31-21-5-7-22(8-6-21)36-23-4-2-10-29-20-23)9-11-30-26(24)19-28(27)35-15-3-12-32-13-16-34-17-14-32/h2,4-11,18-20H,3,12-17H2,1H3,(H,30,31). The summed E-state index contributed by atoms with van der Waals surface area (Å²) in [5.41, 5.74) is 2.70. The van der Waals surface area contributed by atoms with Crippen molar-refractivity contribution in [2.45, 2.75) is 6.42 Å². The lowest BCUT2D eigenvalue weighted by Crippen LogP contribution is -2.37. The molecule has 1 saturated heterocycles. The van der Waals surface area contributed by atoms with E-state index >= 15 is 0 Å². The summed E-state index contributed by atoms with van der Waals surface area (Å²) in [5.74, 6) is 2.83. The van der Waals surface area contributed by atoms with Crippen LogP contribution in [0.15, 0.2) is 73.2 Å². The van der Waals surface area contributed by atoms with Gasteiger partial charge in [0.05, 0.1) is 38.6 Å². The molecular formula is C28H30N4O4. The van der Waals surface area contributed by atoms with Crippen LogP contribution in [0.25, 0.3) is 10.9 Å². The molecule has 0 saturated carbocycles. The quantitative estimate of drug-likeness (QED) is 0.304. The summed E-state index contributed by atoms with van der Waals surface area (Å²) in [6, 6.07) is 17.4. The van der Waals surface area contributed by atoms with Crippen LogP contribution < -0.4 is 19.5 Å². The predicted octanol–water partition coefficient (Wildman–Crippen LogP) is 5.28. The minimum absolute atomic E-state index is 0.616. The molecule has 2 aromatic heterocycles. The maximum Gasteiger partial charge on any atom is 0.163 e. The second-order valence-electron chi connectivity index (χ2n) is 8.47. The second-order valence-corrected chi connectivity index (χ2v) is 8.47. The fourth-order valence-electron chi connectivity index (χ4n) is 4.14. The summed E-state index contributed by atoms with van der Waals surface area (Å²) in [4.78, 5) is 11.0. The Bertz CT molecular complexity index is 1260. The lowest BCUT2D eigenvalue weighted by Gasteiger charge is -2.26. The van der Waals surface area contributed by atoms with Gasteiger partial charge in [0.2, 0.25) is 0 Å². The number of rotatable bonds is 10. The van der Waals surface area contributed by atoms with Crippen molar-refractivity contribution < 1.29 is 18.9 Å². The van der Waals surface area contributed by atoms with Crippen LogP contribution in [0.4, 0.5) is 11.4 Å². The van der Waals surface area contributed by atoms with Crippen molar-refractivity contribution in [3.63, 3.8) is 0 Å². The highest BCUT2D eigenvalue weighted by Crippen LogP contribution is 2.36. The lowest BCUT2D eigenvalue weighted by molar-refractivity contribution is 0.0357. The van der Waals surface area contributed by atoms with Crippen LogP contribution >= 0.6 is 0 Å². The molecular weight excluding hydrogens is 456 g/mol. The van der Waals surface area contributed by atoms with Gasteiger partial charge in [0.15, 0.2) is 11.5 Å². The van der Waals surface area contributed by atoms with E-state index in [0.29, 0.717) is 23.9 Å². The van der Waals surface area contributed by atoms with E-state index < -0.39 is 0 Å². The second kappa shape index (κ2) is 11.7. The van der Waals surface area contributed by atoms with Gasteiger partial charge < -0.3 is 24.3 Å². The van der Waals surface area contributed by atoms with Gasteiger partial charge in [-0.05, 0) is 55.0 Å². The number of methoxy groups -OCH3 is 1. The van der Waals surface area contributed by atoms with Crippen molar-refractivity contribution in [1.82, 2.24) is 14.9 Å². The number of nitrogens with zero attached hydrogens (tertiary/aromatic N) is 3. The molecule has 0 atom stereocenters. The van der Waals surface area contributed by atoms with Crippen molar-refractivity contribution in [3.05, 3.63) is 73.2 Å². The molecule has 1 aliphatic heterocycles. The number of hydrogen-bond acceptors (Lipinski definition) is 8. The molecule has 0 amide bonds. The van der Waals surface area contributed by atoms with Crippen molar-refractivity contribution >= 4 is 22.3 Å². The Balaban J connectivity index is 1.25. The van der Waals surface area contributed by atoms with Crippen LogP contribution in [-0.2, 0) is 4.74 Å².